The number of nitrogens with zero attached hydrogens (tertiary/aromatic N) is 2. The molecule has 0 bridgehead atoms. The molecule has 0 saturated carbocycles. The minimum Gasteiger partial charge on any atom is -0.325 e. The summed E-state index contributed by atoms with van der Waals surface area (Å²) in [5.41, 5.74) is 0.527. The molecule has 1 atom stereocenters. The lowest BCUT2D eigenvalue weighted by Crippen LogP contribution is -2.58. The van der Waals surface area contributed by atoms with Gasteiger partial charge in [-0.25, -0.2) is 8.78 Å². The van der Waals surface area contributed by atoms with E-state index >= 15 is 0 Å². The molecule has 0 radical (unpaired) electrons. The van der Waals surface area contributed by atoms with Crippen LogP contribution in [0.3, 0.4) is 0 Å². The quantitative estimate of drug-likeness (QED) is 0.849. The van der Waals surface area contributed by atoms with Crippen LogP contribution < -0.4 is 4.90 Å². The van der Waals surface area contributed by atoms with Gasteiger partial charge in [0, 0.05) is 24.7 Å². The van der Waals surface area contributed by atoms with Gasteiger partial charge in [0.25, 0.3) is 5.91 Å². The van der Waals surface area contributed by atoms with Crippen molar-refractivity contribution in [1.29, 1.82) is 0 Å². The van der Waals surface area contributed by atoms with Gasteiger partial charge < -0.3 is 9.80 Å². The average molecular weight is 330 g/mol. The first-order valence-corrected chi connectivity index (χ1v) is 7.61. The Kier molecular flexibility index (Phi) is 4.29. The summed E-state index contributed by atoms with van der Waals surface area (Å²) < 4.78 is 27.0. The first-order chi connectivity index (χ1) is 11.5. The fourth-order valence-electron chi connectivity index (χ4n) is 2.83. The van der Waals surface area contributed by atoms with E-state index in [4.69, 9.17) is 0 Å². The van der Waals surface area contributed by atoms with Crippen LogP contribution in [-0.2, 0) is 4.79 Å². The third kappa shape index (κ3) is 2.87. The van der Waals surface area contributed by atoms with Gasteiger partial charge in [-0.15, -0.1) is 0 Å². The van der Waals surface area contributed by atoms with E-state index in [0.717, 1.165) is 12.1 Å². The van der Waals surface area contributed by atoms with E-state index in [-0.39, 0.29) is 24.7 Å². The Bertz CT molecular complexity index is 780. The van der Waals surface area contributed by atoms with Crippen molar-refractivity contribution in [3.05, 3.63) is 65.7 Å². The molecule has 0 N–H and O–H groups in total. The predicted molar refractivity (Wildman–Crippen MR) is 85.7 cm³/mol. The number of hydrogen-bond donors (Lipinski definition) is 0. The predicted octanol–water partition coefficient (Wildman–Crippen LogP) is 2.84. The van der Waals surface area contributed by atoms with Crippen molar-refractivity contribution >= 4 is 17.5 Å². The second kappa shape index (κ2) is 6.39. The van der Waals surface area contributed by atoms with E-state index in [1.54, 1.807) is 37.3 Å². The number of rotatable bonds is 2. The van der Waals surface area contributed by atoms with Gasteiger partial charge in [0.05, 0.1) is 5.69 Å². The summed E-state index contributed by atoms with van der Waals surface area (Å²) in [5.74, 6) is -2.13. The van der Waals surface area contributed by atoms with Gasteiger partial charge in [-0.2, -0.15) is 0 Å². The third-order valence-electron chi connectivity index (χ3n) is 4.14. The molecule has 0 spiro atoms. The van der Waals surface area contributed by atoms with Gasteiger partial charge in [-0.1, -0.05) is 18.2 Å². The zero-order valence-corrected chi connectivity index (χ0v) is 13.1. The van der Waals surface area contributed by atoms with Gasteiger partial charge in [0.15, 0.2) is 0 Å². The summed E-state index contributed by atoms with van der Waals surface area (Å²) in [5, 5.41) is 0. The van der Waals surface area contributed by atoms with Crippen LogP contribution in [-0.4, -0.2) is 35.8 Å². The maximum atomic E-state index is 13.9. The smallest absolute Gasteiger partial charge is 0.254 e. The first-order valence-electron chi connectivity index (χ1n) is 7.61. The van der Waals surface area contributed by atoms with Gasteiger partial charge in [-0.05, 0) is 31.2 Å². The topological polar surface area (TPSA) is 40.6 Å². The van der Waals surface area contributed by atoms with Crippen LogP contribution in [0.5, 0.6) is 0 Å². The van der Waals surface area contributed by atoms with Crippen molar-refractivity contribution in [2.24, 2.45) is 0 Å². The van der Waals surface area contributed by atoms with Crippen LogP contribution in [0.2, 0.25) is 0 Å². The lowest BCUT2D eigenvalue weighted by molar-refractivity contribution is -0.124. The molecule has 2 aromatic rings. The number of anilines is 1. The van der Waals surface area contributed by atoms with Crippen LogP contribution in [0.1, 0.15) is 17.3 Å². The first kappa shape index (κ1) is 16.1. The Balaban J connectivity index is 1.82. The van der Waals surface area contributed by atoms with Crippen LogP contribution in [0.15, 0.2) is 48.5 Å². The van der Waals surface area contributed by atoms with Crippen molar-refractivity contribution in [1.82, 2.24) is 4.90 Å². The van der Waals surface area contributed by atoms with E-state index in [1.807, 2.05) is 0 Å². The number of carbonyl (C=O) groups is 2. The Hall–Kier alpha value is -2.76. The van der Waals surface area contributed by atoms with E-state index in [2.05, 4.69) is 0 Å². The molecule has 2 amide bonds. The minimum absolute atomic E-state index is 0.0278. The second-order valence-corrected chi connectivity index (χ2v) is 5.63. The van der Waals surface area contributed by atoms with Gasteiger partial charge in [0.2, 0.25) is 5.91 Å². The number of piperazine rings is 1. The van der Waals surface area contributed by atoms with Crippen LogP contribution >= 0.6 is 0 Å². The average Bonchev–Trinajstić information content (AvgIpc) is 2.58. The Morgan fingerprint density at radius 3 is 2.46 bits per heavy atom. The summed E-state index contributed by atoms with van der Waals surface area (Å²) in [6.07, 6.45) is 0. The highest BCUT2D eigenvalue weighted by Gasteiger charge is 2.36. The Labute approximate surface area is 138 Å². The Morgan fingerprint density at radius 2 is 1.79 bits per heavy atom. The minimum atomic E-state index is -0.793. The van der Waals surface area contributed by atoms with Gasteiger partial charge >= 0.3 is 0 Å². The standard InChI is InChI=1S/C18H16F2N2O2/c1-12-17(23)22(16-8-7-14(19)11-15(16)20)10-9-21(12)18(24)13-5-3-2-4-6-13/h2-8,11-12H,9-10H2,1H3/t12-/m1/s1. The number of halogens is 2. The van der Waals surface area contributed by atoms with Gasteiger partial charge in [0.1, 0.15) is 17.7 Å². The summed E-state index contributed by atoms with van der Waals surface area (Å²) in [6.45, 7) is 2.04. The summed E-state index contributed by atoms with van der Waals surface area (Å²) in [4.78, 5) is 27.8. The van der Waals surface area contributed by atoms with Crippen molar-refractivity contribution in [2.75, 3.05) is 18.0 Å². The third-order valence-corrected chi connectivity index (χ3v) is 4.14. The molecular weight excluding hydrogens is 314 g/mol. The summed E-state index contributed by atoms with van der Waals surface area (Å²) >= 11 is 0. The second-order valence-electron chi connectivity index (χ2n) is 5.63. The maximum absolute atomic E-state index is 13.9. The lowest BCUT2D eigenvalue weighted by Gasteiger charge is -2.39. The monoisotopic (exact) mass is 330 g/mol. The molecule has 0 aromatic heterocycles. The van der Waals surface area contributed by atoms with Crippen molar-refractivity contribution in [3.63, 3.8) is 0 Å². The SMILES string of the molecule is C[C@@H]1C(=O)N(c2ccc(F)cc2F)CCN1C(=O)c1ccccc1. The summed E-state index contributed by atoms with van der Waals surface area (Å²) in [7, 11) is 0. The van der Waals surface area contributed by atoms with E-state index in [9.17, 15) is 18.4 Å². The fraction of sp³-hybridized carbons (Fsp3) is 0.222. The molecule has 24 heavy (non-hydrogen) atoms. The molecule has 2 aromatic carbocycles. The fourth-order valence-corrected chi connectivity index (χ4v) is 2.83. The number of amides is 2. The normalized spacial score (nSPS) is 18.0. The molecule has 0 aliphatic carbocycles. The van der Waals surface area contributed by atoms with E-state index in [0.29, 0.717) is 5.56 Å². The maximum Gasteiger partial charge on any atom is 0.254 e. The van der Waals surface area contributed by atoms with E-state index in [1.165, 1.54) is 15.9 Å². The highest BCUT2D eigenvalue weighted by atomic mass is 19.1. The molecule has 6 heteroatoms. The molecule has 0 unspecified atom stereocenters. The van der Waals surface area contributed by atoms with Crippen molar-refractivity contribution < 1.29 is 18.4 Å². The van der Waals surface area contributed by atoms with Crippen LogP contribution in [0.4, 0.5) is 14.5 Å². The van der Waals surface area contributed by atoms with Gasteiger partial charge in [-0.3, -0.25) is 9.59 Å². The highest BCUT2D eigenvalue weighted by molar-refractivity contribution is 6.03. The molecule has 1 saturated heterocycles. The van der Waals surface area contributed by atoms with Crippen molar-refractivity contribution in [2.45, 2.75) is 13.0 Å². The summed E-state index contributed by atoms with van der Waals surface area (Å²) in [6, 6.07) is 11.1. The largest absolute Gasteiger partial charge is 0.325 e. The lowest BCUT2D eigenvalue weighted by atomic mass is 10.1. The molecule has 1 aliphatic rings. The number of carbonyl (C=O) groups excluding carboxylic acids is 2. The zero-order valence-electron chi connectivity index (χ0n) is 13.1. The molecule has 4 nitrogen and oxygen atoms in total. The molecule has 1 heterocycles. The highest BCUT2D eigenvalue weighted by Crippen LogP contribution is 2.25. The van der Waals surface area contributed by atoms with E-state index < -0.39 is 23.6 Å². The molecule has 3 rings (SSSR count). The molecule has 124 valence electrons. The molecular formula is C18H16F2N2O2. The molecule has 1 fully saturated rings. The zero-order chi connectivity index (χ0) is 17.3. The Morgan fingerprint density at radius 1 is 1.08 bits per heavy atom. The molecule has 1 aliphatic heterocycles. The number of hydrogen-bond acceptors (Lipinski definition) is 2. The van der Waals surface area contributed by atoms with Crippen LogP contribution in [0.25, 0.3) is 0 Å². The van der Waals surface area contributed by atoms with Crippen molar-refractivity contribution in [3.8, 4) is 0 Å². The number of benzene rings is 2. The van der Waals surface area contributed by atoms with Crippen LogP contribution in [0, 0.1) is 11.6 Å².